The zero-order valence-electron chi connectivity index (χ0n) is 16.3. The molecule has 0 aromatic heterocycles. The second-order valence-corrected chi connectivity index (χ2v) is 9.81. The Morgan fingerprint density at radius 2 is 1.72 bits per heavy atom. The molecule has 0 amide bonds. The monoisotopic (exact) mass is 479 g/mol. The zero-order valence-corrected chi connectivity index (χ0v) is 18.7. The number of benzene rings is 2. The number of esters is 1. The van der Waals surface area contributed by atoms with E-state index >= 15 is 0 Å². The molecule has 1 heterocycles. The van der Waals surface area contributed by atoms with Crippen LogP contribution in [0.2, 0.25) is 0 Å². The van der Waals surface area contributed by atoms with Gasteiger partial charge in [-0.25, -0.2) is 17.9 Å². The maximum absolute atomic E-state index is 13.0. The van der Waals surface area contributed by atoms with Gasteiger partial charge in [0.25, 0.3) is 0 Å². The largest absolute Gasteiger partial charge is 0.457 e. The molecule has 1 aliphatic heterocycles. The minimum Gasteiger partial charge on any atom is -0.457 e. The highest BCUT2D eigenvalue weighted by molar-refractivity contribution is 9.10. The molecular weight excluding hydrogens is 458 g/mol. The third-order valence-corrected chi connectivity index (χ3v) is 6.53. The van der Waals surface area contributed by atoms with Gasteiger partial charge >= 0.3 is 5.97 Å². The Labute approximate surface area is 179 Å². The molecule has 0 saturated heterocycles. The first-order valence-electron chi connectivity index (χ1n) is 9.02. The summed E-state index contributed by atoms with van der Waals surface area (Å²) in [5, 5.41) is 0. The van der Waals surface area contributed by atoms with Gasteiger partial charge in [-0.15, -0.1) is 0 Å². The first kappa shape index (κ1) is 21.5. The molecule has 0 aliphatic carbocycles. The molecular formula is C21H22BrNO5S. The Bertz CT molecular complexity index is 1040. The Hall–Kier alpha value is -2.16. The summed E-state index contributed by atoms with van der Waals surface area (Å²) in [6, 6.07) is 13.3. The molecule has 8 heteroatoms. The summed E-state index contributed by atoms with van der Waals surface area (Å²) in [5.41, 5.74) is 1.69. The molecule has 3 rings (SSSR count). The van der Waals surface area contributed by atoms with Gasteiger partial charge < -0.3 is 9.47 Å². The van der Waals surface area contributed by atoms with Crippen LogP contribution in [0.4, 0.5) is 0 Å². The molecule has 0 radical (unpaired) electrons. The summed E-state index contributed by atoms with van der Waals surface area (Å²) in [6.07, 6.45) is 1.39. The van der Waals surface area contributed by atoms with Crippen molar-refractivity contribution in [3.05, 3.63) is 76.0 Å². The maximum atomic E-state index is 13.0. The van der Waals surface area contributed by atoms with Crippen LogP contribution in [0.15, 0.2) is 69.7 Å². The van der Waals surface area contributed by atoms with Crippen molar-refractivity contribution >= 4 is 31.9 Å². The summed E-state index contributed by atoms with van der Waals surface area (Å²) in [7, 11) is -3.80. The minimum atomic E-state index is -3.80. The fourth-order valence-corrected chi connectivity index (χ4v) is 4.79. The van der Waals surface area contributed by atoms with Crippen LogP contribution in [0.3, 0.4) is 0 Å². The lowest BCUT2D eigenvalue weighted by molar-refractivity contribution is -0.206. The van der Waals surface area contributed by atoms with Gasteiger partial charge in [0.05, 0.1) is 17.0 Å². The molecule has 1 atom stereocenters. The lowest BCUT2D eigenvalue weighted by Crippen LogP contribution is -2.36. The number of hydrogen-bond donors (Lipinski definition) is 1. The number of rotatable bonds is 6. The normalized spacial score (nSPS) is 17.1. The fraction of sp³-hybridized carbons (Fsp3) is 0.286. The number of carbonyl (C=O) groups is 1. The Kier molecular flexibility index (Phi) is 6.16. The van der Waals surface area contributed by atoms with Gasteiger partial charge in [0.15, 0.2) is 0 Å². The molecule has 154 valence electrons. The Morgan fingerprint density at radius 3 is 2.34 bits per heavy atom. The summed E-state index contributed by atoms with van der Waals surface area (Å²) < 4.78 is 40.3. The van der Waals surface area contributed by atoms with E-state index in [2.05, 4.69) is 20.7 Å². The number of carbonyl (C=O) groups excluding carboxylic acids is 1. The summed E-state index contributed by atoms with van der Waals surface area (Å²) in [6.45, 7) is 5.14. The van der Waals surface area contributed by atoms with Gasteiger partial charge in [-0.05, 0) is 30.7 Å². The van der Waals surface area contributed by atoms with Crippen molar-refractivity contribution < 1.29 is 22.7 Å². The van der Waals surface area contributed by atoms with E-state index in [1.165, 1.54) is 6.08 Å². The molecule has 2 aromatic rings. The van der Waals surface area contributed by atoms with Gasteiger partial charge in [-0.2, -0.15) is 0 Å². The third kappa shape index (κ3) is 5.46. The Balaban J connectivity index is 1.95. The fourth-order valence-electron chi connectivity index (χ4n) is 3.02. The standard InChI is InChI=1S/C21H22BrNO5S/c1-14-8-10-16(11-9-14)29(25,26)23-19(17-6-4-5-7-18(17)22)12-15-13-20(24)28-21(2,3)27-15/h4-11,13,19,23H,12H2,1-3H3. The Morgan fingerprint density at radius 1 is 1.07 bits per heavy atom. The van der Waals surface area contributed by atoms with Crippen LogP contribution in [-0.4, -0.2) is 20.2 Å². The van der Waals surface area contributed by atoms with Crippen LogP contribution in [0, 0.1) is 6.92 Å². The predicted molar refractivity (Wildman–Crippen MR) is 112 cm³/mol. The summed E-state index contributed by atoms with van der Waals surface area (Å²) >= 11 is 3.48. The van der Waals surface area contributed by atoms with E-state index in [1.807, 2.05) is 31.2 Å². The third-order valence-electron chi connectivity index (χ3n) is 4.32. The topological polar surface area (TPSA) is 81.7 Å². The van der Waals surface area contributed by atoms with E-state index in [1.54, 1.807) is 38.1 Å². The molecule has 1 unspecified atom stereocenters. The average molecular weight is 480 g/mol. The SMILES string of the molecule is Cc1ccc(S(=O)(=O)NC(CC2=CC(=O)OC(C)(C)O2)c2ccccc2Br)cc1. The molecule has 0 bridgehead atoms. The first-order chi connectivity index (χ1) is 13.6. The molecule has 0 saturated carbocycles. The highest BCUT2D eigenvalue weighted by Gasteiger charge is 2.32. The van der Waals surface area contributed by atoms with E-state index < -0.39 is 27.8 Å². The van der Waals surface area contributed by atoms with Gasteiger partial charge in [0, 0.05) is 24.7 Å². The number of aryl methyl sites for hydroxylation is 1. The molecule has 0 spiro atoms. The molecule has 0 fully saturated rings. The van der Waals surface area contributed by atoms with Crippen LogP contribution in [0.5, 0.6) is 0 Å². The second kappa shape index (κ2) is 8.30. The number of ether oxygens (including phenoxy) is 2. The quantitative estimate of drug-likeness (QED) is 0.622. The van der Waals surface area contributed by atoms with E-state index in [-0.39, 0.29) is 11.3 Å². The number of hydrogen-bond acceptors (Lipinski definition) is 5. The molecule has 29 heavy (non-hydrogen) atoms. The van der Waals surface area contributed by atoms with Crippen LogP contribution in [0.1, 0.15) is 37.4 Å². The highest BCUT2D eigenvalue weighted by Crippen LogP contribution is 2.33. The van der Waals surface area contributed by atoms with E-state index in [9.17, 15) is 13.2 Å². The van der Waals surface area contributed by atoms with E-state index in [0.717, 1.165) is 15.6 Å². The highest BCUT2D eigenvalue weighted by atomic mass is 79.9. The minimum absolute atomic E-state index is 0.145. The lowest BCUT2D eigenvalue weighted by Gasteiger charge is -2.32. The van der Waals surface area contributed by atoms with Gasteiger partial charge in [-0.3, -0.25) is 0 Å². The van der Waals surface area contributed by atoms with Crippen LogP contribution in [0.25, 0.3) is 0 Å². The first-order valence-corrected chi connectivity index (χ1v) is 11.3. The lowest BCUT2D eigenvalue weighted by atomic mass is 10.0. The van der Waals surface area contributed by atoms with Crippen molar-refractivity contribution in [3.63, 3.8) is 0 Å². The van der Waals surface area contributed by atoms with Crippen molar-refractivity contribution in [1.82, 2.24) is 4.72 Å². The molecule has 2 aromatic carbocycles. The zero-order chi connectivity index (χ0) is 21.2. The molecule has 1 N–H and O–H groups in total. The van der Waals surface area contributed by atoms with Crippen molar-refractivity contribution in [2.75, 3.05) is 0 Å². The number of halogens is 1. The van der Waals surface area contributed by atoms with Crippen molar-refractivity contribution in [2.45, 2.75) is 43.9 Å². The number of sulfonamides is 1. The molecule has 6 nitrogen and oxygen atoms in total. The van der Waals surface area contributed by atoms with E-state index in [4.69, 9.17) is 9.47 Å². The van der Waals surface area contributed by atoms with Crippen molar-refractivity contribution in [2.24, 2.45) is 0 Å². The maximum Gasteiger partial charge on any atom is 0.337 e. The number of nitrogens with one attached hydrogen (secondary N) is 1. The van der Waals surface area contributed by atoms with Crippen molar-refractivity contribution in [1.29, 1.82) is 0 Å². The summed E-state index contributed by atoms with van der Waals surface area (Å²) in [4.78, 5) is 12.1. The smallest absolute Gasteiger partial charge is 0.337 e. The van der Waals surface area contributed by atoms with Gasteiger partial charge in [-0.1, -0.05) is 51.8 Å². The van der Waals surface area contributed by atoms with Crippen LogP contribution >= 0.6 is 15.9 Å². The van der Waals surface area contributed by atoms with Gasteiger partial charge in [0.1, 0.15) is 5.76 Å². The van der Waals surface area contributed by atoms with Crippen molar-refractivity contribution in [3.8, 4) is 0 Å². The molecule has 1 aliphatic rings. The predicted octanol–water partition coefficient (Wildman–Crippen LogP) is 4.36. The number of cyclic esters (lactones) is 1. The average Bonchev–Trinajstić information content (AvgIpc) is 2.60. The second-order valence-electron chi connectivity index (χ2n) is 7.25. The van der Waals surface area contributed by atoms with E-state index in [0.29, 0.717) is 5.76 Å². The summed E-state index contributed by atoms with van der Waals surface area (Å²) in [5.74, 6) is -1.29. The van der Waals surface area contributed by atoms with Crippen LogP contribution in [-0.2, 0) is 24.3 Å². The van der Waals surface area contributed by atoms with Crippen LogP contribution < -0.4 is 4.72 Å². The van der Waals surface area contributed by atoms with Gasteiger partial charge in [0.2, 0.25) is 15.8 Å².